The Morgan fingerprint density at radius 1 is 1.03 bits per heavy atom. The highest BCUT2D eigenvalue weighted by Crippen LogP contribution is 2.23. The lowest BCUT2D eigenvalue weighted by Gasteiger charge is -2.38. The van der Waals surface area contributed by atoms with Crippen molar-refractivity contribution in [2.24, 2.45) is 0 Å². The van der Waals surface area contributed by atoms with Crippen LogP contribution in [0.5, 0.6) is 0 Å². The van der Waals surface area contributed by atoms with E-state index in [0.29, 0.717) is 25.2 Å². The maximum Gasteiger partial charge on any atom is 0.253 e. The zero-order valence-electron chi connectivity index (χ0n) is 15.6. The molecule has 4 aromatic rings. The zero-order valence-corrected chi connectivity index (χ0v) is 15.6. The normalized spacial score (nSPS) is 14.1. The molecule has 10 nitrogen and oxygen atoms in total. The maximum atomic E-state index is 12.7. The first kappa shape index (κ1) is 17.3. The van der Waals surface area contributed by atoms with E-state index in [-0.39, 0.29) is 11.9 Å². The Morgan fingerprint density at radius 3 is 2.55 bits per heavy atom. The van der Waals surface area contributed by atoms with Gasteiger partial charge in [-0.1, -0.05) is 17.3 Å². The van der Waals surface area contributed by atoms with Crippen LogP contribution in [-0.2, 0) is 13.1 Å². The van der Waals surface area contributed by atoms with E-state index in [4.69, 9.17) is 0 Å². The van der Waals surface area contributed by atoms with Crippen LogP contribution >= 0.6 is 0 Å². The first-order valence-corrected chi connectivity index (χ1v) is 9.33. The number of likely N-dealkylation sites (tertiary alicyclic amines) is 1. The molecule has 1 aromatic carbocycles. The Balaban J connectivity index is 1.16. The molecule has 0 unspecified atom stereocenters. The molecule has 1 amide bonds. The Morgan fingerprint density at radius 2 is 1.83 bits per heavy atom. The molecule has 10 heteroatoms. The first-order valence-electron chi connectivity index (χ1n) is 9.33. The fourth-order valence-corrected chi connectivity index (χ4v) is 3.35. The van der Waals surface area contributed by atoms with Crippen LogP contribution in [0.25, 0.3) is 0 Å². The summed E-state index contributed by atoms with van der Waals surface area (Å²) in [5.74, 6) is 0.0384. The molecule has 0 radical (unpaired) electrons. The van der Waals surface area contributed by atoms with Crippen LogP contribution in [0.15, 0.2) is 61.6 Å². The summed E-state index contributed by atoms with van der Waals surface area (Å²) >= 11 is 0. The Labute approximate surface area is 166 Å². The van der Waals surface area contributed by atoms with Crippen molar-refractivity contribution in [1.82, 2.24) is 44.4 Å². The van der Waals surface area contributed by atoms with Gasteiger partial charge in [0.1, 0.15) is 12.2 Å². The number of aromatic nitrogens is 8. The van der Waals surface area contributed by atoms with Gasteiger partial charge in [0.2, 0.25) is 0 Å². The van der Waals surface area contributed by atoms with Crippen molar-refractivity contribution in [3.05, 3.63) is 78.4 Å². The molecular weight excluding hydrogens is 370 g/mol. The second-order valence-corrected chi connectivity index (χ2v) is 7.05. The minimum Gasteiger partial charge on any atom is -0.334 e. The quantitative estimate of drug-likeness (QED) is 0.485. The SMILES string of the molecule is O=C(c1ccc(Cn2ccnc2)cc1)N1CC(n2cc(Cn3nccn3)nn2)C1. The molecule has 1 aliphatic heterocycles. The summed E-state index contributed by atoms with van der Waals surface area (Å²) in [7, 11) is 0. The smallest absolute Gasteiger partial charge is 0.253 e. The van der Waals surface area contributed by atoms with Gasteiger partial charge in [-0.15, -0.1) is 5.10 Å². The molecule has 0 aliphatic carbocycles. The van der Waals surface area contributed by atoms with E-state index in [1.54, 1.807) is 29.7 Å². The largest absolute Gasteiger partial charge is 0.334 e. The number of imidazole rings is 1. The molecule has 3 aromatic heterocycles. The molecule has 1 aliphatic rings. The van der Waals surface area contributed by atoms with Crippen LogP contribution in [-0.4, -0.2) is 63.4 Å². The summed E-state index contributed by atoms with van der Waals surface area (Å²) < 4.78 is 3.81. The van der Waals surface area contributed by atoms with Crippen molar-refractivity contribution >= 4 is 5.91 Å². The number of hydrogen-bond acceptors (Lipinski definition) is 6. The summed E-state index contributed by atoms with van der Waals surface area (Å²) in [5.41, 5.74) is 2.61. The Bertz CT molecular complexity index is 1080. The average Bonchev–Trinajstić information content (AvgIpc) is 3.45. The van der Waals surface area contributed by atoms with Crippen molar-refractivity contribution in [2.75, 3.05) is 13.1 Å². The summed E-state index contributed by atoms with van der Waals surface area (Å²) in [6, 6.07) is 7.88. The van der Waals surface area contributed by atoms with Gasteiger partial charge in [0.25, 0.3) is 5.91 Å². The molecule has 0 bridgehead atoms. The lowest BCUT2D eigenvalue weighted by Crippen LogP contribution is -2.50. The number of carbonyl (C=O) groups excluding carboxylic acids is 1. The monoisotopic (exact) mass is 389 g/mol. The molecule has 29 heavy (non-hydrogen) atoms. The number of hydrogen-bond donors (Lipinski definition) is 0. The van der Waals surface area contributed by atoms with Gasteiger partial charge in [0.15, 0.2) is 0 Å². The van der Waals surface area contributed by atoms with Gasteiger partial charge in [-0.2, -0.15) is 15.0 Å². The molecule has 0 atom stereocenters. The molecule has 1 saturated heterocycles. The number of carbonyl (C=O) groups is 1. The van der Waals surface area contributed by atoms with Crippen LogP contribution in [0, 0.1) is 0 Å². The first-order chi connectivity index (χ1) is 14.2. The highest BCUT2D eigenvalue weighted by Gasteiger charge is 2.33. The number of benzene rings is 1. The maximum absolute atomic E-state index is 12.7. The van der Waals surface area contributed by atoms with Crippen LogP contribution in [0.4, 0.5) is 0 Å². The van der Waals surface area contributed by atoms with E-state index >= 15 is 0 Å². The van der Waals surface area contributed by atoms with Crippen molar-refractivity contribution in [2.45, 2.75) is 19.1 Å². The predicted molar refractivity (Wildman–Crippen MR) is 102 cm³/mol. The third kappa shape index (κ3) is 3.64. The summed E-state index contributed by atoms with van der Waals surface area (Å²) in [6.07, 6.45) is 10.6. The van der Waals surface area contributed by atoms with Gasteiger partial charge in [-0.05, 0) is 17.7 Å². The van der Waals surface area contributed by atoms with Gasteiger partial charge < -0.3 is 9.47 Å². The van der Waals surface area contributed by atoms with Crippen molar-refractivity contribution in [3.63, 3.8) is 0 Å². The summed E-state index contributed by atoms with van der Waals surface area (Å²) in [5, 5.41) is 16.5. The third-order valence-corrected chi connectivity index (χ3v) is 4.98. The summed E-state index contributed by atoms with van der Waals surface area (Å²) in [6.45, 7) is 2.47. The minimum atomic E-state index is 0.0384. The Hall–Kier alpha value is -3.82. The molecule has 0 spiro atoms. The van der Waals surface area contributed by atoms with E-state index in [1.807, 2.05) is 50.8 Å². The second-order valence-electron chi connectivity index (χ2n) is 7.05. The fraction of sp³-hybridized carbons (Fsp3) is 0.263. The second kappa shape index (κ2) is 7.30. The van der Waals surface area contributed by atoms with Crippen LogP contribution < -0.4 is 0 Å². The van der Waals surface area contributed by atoms with Gasteiger partial charge in [0, 0.05) is 37.6 Å². The van der Waals surface area contributed by atoms with E-state index in [9.17, 15) is 4.79 Å². The highest BCUT2D eigenvalue weighted by molar-refractivity contribution is 5.94. The standard InChI is InChI=1S/C19H19N9O/c29-19(16-3-1-15(2-4-16)9-25-8-7-20-14-25)26-12-18(13-26)27-10-17(23-24-27)11-28-21-5-6-22-28/h1-8,10,14,18H,9,11-13H2. The molecule has 0 N–H and O–H groups in total. The molecule has 1 fully saturated rings. The fourth-order valence-electron chi connectivity index (χ4n) is 3.35. The van der Waals surface area contributed by atoms with Crippen molar-refractivity contribution < 1.29 is 4.79 Å². The number of amides is 1. The van der Waals surface area contributed by atoms with Gasteiger partial charge in [0.05, 0.1) is 31.0 Å². The van der Waals surface area contributed by atoms with E-state index in [2.05, 4.69) is 25.5 Å². The van der Waals surface area contributed by atoms with Gasteiger partial charge in [-0.3, -0.25) is 4.79 Å². The van der Waals surface area contributed by atoms with Gasteiger partial charge >= 0.3 is 0 Å². The predicted octanol–water partition coefficient (Wildman–Crippen LogP) is 0.860. The number of rotatable bonds is 6. The minimum absolute atomic E-state index is 0.0384. The zero-order chi connectivity index (χ0) is 19.6. The van der Waals surface area contributed by atoms with E-state index in [0.717, 1.165) is 17.8 Å². The lowest BCUT2D eigenvalue weighted by atomic mass is 10.1. The molecule has 146 valence electrons. The molecule has 4 heterocycles. The molecule has 0 saturated carbocycles. The topological polar surface area (TPSA) is 99.6 Å². The van der Waals surface area contributed by atoms with Crippen LogP contribution in [0.2, 0.25) is 0 Å². The van der Waals surface area contributed by atoms with Crippen molar-refractivity contribution in [3.8, 4) is 0 Å². The summed E-state index contributed by atoms with van der Waals surface area (Å²) in [4.78, 5) is 20.1. The van der Waals surface area contributed by atoms with Crippen LogP contribution in [0.3, 0.4) is 0 Å². The van der Waals surface area contributed by atoms with Crippen molar-refractivity contribution in [1.29, 1.82) is 0 Å². The highest BCUT2D eigenvalue weighted by atomic mass is 16.2. The van der Waals surface area contributed by atoms with E-state index < -0.39 is 0 Å². The average molecular weight is 389 g/mol. The van der Waals surface area contributed by atoms with Crippen LogP contribution in [0.1, 0.15) is 27.7 Å². The lowest BCUT2D eigenvalue weighted by molar-refractivity contribution is 0.0498. The molecule has 5 rings (SSSR count). The number of nitrogens with zero attached hydrogens (tertiary/aromatic N) is 9. The Kier molecular flexibility index (Phi) is 4.35. The molecular formula is C19H19N9O. The van der Waals surface area contributed by atoms with E-state index in [1.165, 1.54) is 0 Å². The third-order valence-electron chi connectivity index (χ3n) is 4.98. The van der Waals surface area contributed by atoms with Gasteiger partial charge in [-0.25, -0.2) is 9.67 Å².